The first kappa shape index (κ1) is 26.0. The van der Waals surface area contributed by atoms with Crippen LogP contribution in [0.15, 0.2) is 51.2 Å². The van der Waals surface area contributed by atoms with Gasteiger partial charge in [-0.1, -0.05) is 5.16 Å². The largest absolute Gasteiger partial charge is 0.573 e. The number of carbonyl (C=O) groups is 2. The fraction of sp³-hybridized carbons (Fsp3) is 0.211. The van der Waals surface area contributed by atoms with Crippen molar-refractivity contribution in [3.05, 3.63) is 53.5 Å². The average Bonchev–Trinajstić information content (AvgIpc) is 3.52. The highest BCUT2D eigenvalue weighted by molar-refractivity contribution is 7.92. The molecule has 0 saturated carbocycles. The molecule has 0 unspecified atom stereocenters. The van der Waals surface area contributed by atoms with Crippen molar-refractivity contribution in [3.63, 3.8) is 0 Å². The van der Waals surface area contributed by atoms with Crippen LogP contribution in [0.4, 0.5) is 18.9 Å². The Hall–Kier alpha value is -4.06. The first-order chi connectivity index (χ1) is 17.3. The molecule has 0 atom stereocenters. The fourth-order valence-corrected chi connectivity index (χ4v) is 5.57. The van der Waals surface area contributed by atoms with Crippen molar-refractivity contribution in [2.75, 3.05) is 4.72 Å². The van der Waals surface area contributed by atoms with Crippen LogP contribution in [-0.4, -0.2) is 45.2 Å². The molecule has 0 bridgehead atoms. The third-order valence-electron chi connectivity index (χ3n) is 4.97. The molecule has 3 aromatic rings. The molecule has 2 aromatic heterocycles. The summed E-state index contributed by atoms with van der Waals surface area (Å²) < 4.78 is 102. The van der Waals surface area contributed by atoms with Crippen LogP contribution in [0.2, 0.25) is 0 Å². The van der Waals surface area contributed by atoms with Gasteiger partial charge >= 0.3 is 6.36 Å². The number of amides is 2. The van der Waals surface area contributed by atoms with Crippen LogP contribution >= 0.6 is 0 Å². The number of aromatic nitrogens is 2. The number of rotatable bonds is 9. The first-order valence-corrected chi connectivity index (χ1v) is 13.1. The predicted octanol–water partition coefficient (Wildman–Crippen LogP) is 1.38. The van der Waals surface area contributed by atoms with E-state index in [2.05, 4.69) is 24.7 Å². The lowest BCUT2D eigenvalue weighted by molar-refractivity contribution is -0.275. The van der Waals surface area contributed by atoms with Crippen molar-refractivity contribution >= 4 is 37.5 Å². The molecule has 1 aliphatic heterocycles. The Morgan fingerprint density at radius 3 is 2.62 bits per heavy atom. The molecule has 4 rings (SSSR count). The Morgan fingerprint density at radius 1 is 1.24 bits per heavy atom. The van der Waals surface area contributed by atoms with E-state index < -0.39 is 83.6 Å². The van der Waals surface area contributed by atoms with Gasteiger partial charge in [-0.2, -0.15) is 8.42 Å². The van der Waals surface area contributed by atoms with Gasteiger partial charge in [0.05, 0.1) is 18.4 Å². The maximum atomic E-state index is 13.3. The van der Waals surface area contributed by atoms with E-state index >= 15 is 0 Å². The first-order valence-electron chi connectivity index (χ1n) is 10.1. The smallest absolute Gasteiger partial charge is 0.405 e. The number of ether oxygens (including phenoxy) is 1. The molecule has 198 valence electrons. The number of nitrogens with zero attached hydrogens (tertiary/aromatic N) is 1. The van der Waals surface area contributed by atoms with Gasteiger partial charge in [-0.3, -0.25) is 14.3 Å². The number of anilines is 1. The summed E-state index contributed by atoms with van der Waals surface area (Å²) in [6.07, 6.45) is -3.89. The van der Waals surface area contributed by atoms with E-state index in [9.17, 15) is 39.6 Å². The normalized spacial score (nSPS) is 14.6. The number of aromatic amines is 1. The molecule has 2 amide bonds. The van der Waals surface area contributed by atoms with Gasteiger partial charge in [0.15, 0.2) is 0 Å². The quantitative estimate of drug-likeness (QED) is 0.298. The summed E-state index contributed by atoms with van der Waals surface area (Å²) in [5.41, 5.74) is -1.64. The van der Waals surface area contributed by atoms with E-state index in [4.69, 9.17) is 0 Å². The number of carbonyl (C=O) groups excluding carboxylic acids is 2. The maximum absolute atomic E-state index is 13.3. The van der Waals surface area contributed by atoms with Gasteiger partial charge in [-0.05, 0) is 24.6 Å². The SMILES string of the molecule is O=C(CCc1c(NS(=O)(=O)c2ccno2)cc2c(c1OC(F)(F)F)C(=O)NS2(=O)=O)NCc1ccc[nH]1. The van der Waals surface area contributed by atoms with Crippen molar-refractivity contribution in [1.82, 2.24) is 20.2 Å². The van der Waals surface area contributed by atoms with Crippen LogP contribution in [0.5, 0.6) is 5.75 Å². The van der Waals surface area contributed by atoms with Crippen molar-refractivity contribution in [2.45, 2.75) is 35.7 Å². The van der Waals surface area contributed by atoms with E-state index in [0.717, 1.165) is 12.3 Å². The van der Waals surface area contributed by atoms with Crippen LogP contribution in [0.25, 0.3) is 0 Å². The molecule has 18 heteroatoms. The molecule has 13 nitrogen and oxygen atoms in total. The molecule has 3 heterocycles. The molecule has 0 fully saturated rings. The standard InChI is InChI=1S/C19H16F3N5O8S2/c20-19(21,22)34-17-11(3-4-14(28)24-9-10-2-1-6-23-10)12(26-37(32,33)15-5-7-25-35-15)8-13-16(17)18(29)27-36(13,30)31/h1-2,5-8,23,26H,3-4,9H2,(H,24,28)(H,27,29). The van der Waals surface area contributed by atoms with Gasteiger partial charge in [-0.25, -0.2) is 13.1 Å². The lowest BCUT2D eigenvalue weighted by Gasteiger charge is -2.19. The highest BCUT2D eigenvalue weighted by Crippen LogP contribution is 2.42. The highest BCUT2D eigenvalue weighted by Gasteiger charge is 2.43. The third kappa shape index (κ3) is 5.69. The second-order valence-electron chi connectivity index (χ2n) is 7.50. The monoisotopic (exact) mass is 563 g/mol. The molecule has 1 aromatic carbocycles. The van der Waals surface area contributed by atoms with Crippen LogP contribution in [0.1, 0.15) is 28.0 Å². The molecule has 0 radical (unpaired) electrons. The molecular weight excluding hydrogens is 547 g/mol. The van der Waals surface area contributed by atoms with Crippen molar-refractivity contribution < 1.29 is 48.9 Å². The zero-order valence-corrected chi connectivity index (χ0v) is 19.9. The van der Waals surface area contributed by atoms with E-state index in [1.807, 2.05) is 4.72 Å². The molecule has 0 spiro atoms. The Morgan fingerprint density at radius 2 is 2.00 bits per heavy atom. The molecule has 37 heavy (non-hydrogen) atoms. The maximum Gasteiger partial charge on any atom is 0.573 e. The van der Waals surface area contributed by atoms with E-state index in [-0.39, 0.29) is 6.54 Å². The summed E-state index contributed by atoms with van der Waals surface area (Å²) in [6, 6.07) is 4.94. The predicted molar refractivity (Wildman–Crippen MR) is 116 cm³/mol. The van der Waals surface area contributed by atoms with Crippen LogP contribution in [0.3, 0.4) is 0 Å². The van der Waals surface area contributed by atoms with Crippen molar-refractivity contribution in [1.29, 1.82) is 0 Å². The summed E-state index contributed by atoms with van der Waals surface area (Å²) in [7, 11) is -9.27. The summed E-state index contributed by atoms with van der Waals surface area (Å²) in [5, 5.41) is 5.02. The highest BCUT2D eigenvalue weighted by atomic mass is 32.2. The number of nitrogens with one attached hydrogen (secondary N) is 4. The topological polar surface area (TPSA) is 190 Å². The lowest BCUT2D eigenvalue weighted by atomic mass is 10.0. The van der Waals surface area contributed by atoms with Crippen LogP contribution in [-0.2, 0) is 37.8 Å². The molecule has 0 aliphatic carbocycles. The second-order valence-corrected chi connectivity index (χ2v) is 10.8. The Kier molecular flexibility index (Phi) is 6.63. The number of benzene rings is 1. The van der Waals surface area contributed by atoms with Crippen LogP contribution < -0.4 is 19.5 Å². The minimum Gasteiger partial charge on any atom is -0.405 e. The van der Waals surface area contributed by atoms with Crippen LogP contribution in [0, 0.1) is 0 Å². The molecule has 0 saturated heterocycles. The van der Waals surface area contributed by atoms with Gasteiger partial charge in [0.25, 0.3) is 31.0 Å². The van der Waals surface area contributed by atoms with Gasteiger partial charge in [0.2, 0.25) is 5.91 Å². The number of halogens is 3. The van der Waals surface area contributed by atoms with Gasteiger partial charge in [0, 0.05) is 29.9 Å². The minimum absolute atomic E-state index is 0.0631. The Bertz CT molecular complexity index is 1550. The number of alkyl halides is 3. The summed E-state index contributed by atoms with van der Waals surface area (Å²) in [5.74, 6) is -3.33. The second kappa shape index (κ2) is 9.43. The van der Waals surface area contributed by atoms with Gasteiger partial charge < -0.3 is 19.6 Å². The van der Waals surface area contributed by atoms with E-state index in [1.54, 1.807) is 18.3 Å². The zero-order chi connectivity index (χ0) is 27.0. The van der Waals surface area contributed by atoms with Gasteiger partial charge in [-0.15, -0.1) is 13.2 Å². The zero-order valence-electron chi connectivity index (χ0n) is 18.2. The van der Waals surface area contributed by atoms with Gasteiger partial charge in [0.1, 0.15) is 16.2 Å². The van der Waals surface area contributed by atoms with E-state index in [0.29, 0.717) is 11.8 Å². The minimum atomic E-state index is -5.41. The number of hydrogen-bond donors (Lipinski definition) is 4. The number of fused-ring (bicyclic) bond motifs is 1. The average molecular weight is 563 g/mol. The summed E-state index contributed by atoms with van der Waals surface area (Å²) in [4.78, 5) is 26.6. The van der Waals surface area contributed by atoms with Crippen molar-refractivity contribution in [2.24, 2.45) is 0 Å². The Labute approximate surface area is 206 Å². The number of hydrogen-bond acceptors (Lipinski definition) is 9. The van der Waals surface area contributed by atoms with E-state index in [1.165, 1.54) is 4.72 Å². The number of H-pyrrole nitrogens is 1. The lowest BCUT2D eigenvalue weighted by Crippen LogP contribution is -2.25. The summed E-state index contributed by atoms with van der Waals surface area (Å²) >= 11 is 0. The molecule has 1 aliphatic rings. The summed E-state index contributed by atoms with van der Waals surface area (Å²) in [6.45, 7) is 0.0631. The van der Waals surface area contributed by atoms with Crippen molar-refractivity contribution in [3.8, 4) is 5.75 Å². The number of sulfonamides is 2. The molecular formula is C19H16F3N5O8S2. The third-order valence-corrected chi connectivity index (χ3v) is 7.56. The fourth-order valence-electron chi connectivity index (χ4n) is 3.43. The molecule has 4 N–H and O–H groups in total. The Balaban J connectivity index is 1.78.